The van der Waals surface area contributed by atoms with E-state index < -0.39 is 24.0 Å². The van der Waals surface area contributed by atoms with Crippen LogP contribution in [0.1, 0.15) is 45.4 Å². The lowest BCUT2D eigenvalue weighted by Gasteiger charge is -2.44. The first-order chi connectivity index (χ1) is 9.82. The minimum Gasteiger partial charge on any atom is -0.481 e. The zero-order chi connectivity index (χ0) is 15.6. The molecule has 1 heterocycles. The van der Waals surface area contributed by atoms with Gasteiger partial charge in [0.25, 0.3) is 0 Å². The Bertz CT molecular complexity index is 372. The zero-order valence-electron chi connectivity index (χ0n) is 12.4. The second-order valence-corrected chi connectivity index (χ2v) is 6.48. The molecule has 0 aromatic rings. The summed E-state index contributed by atoms with van der Waals surface area (Å²) in [5, 5.41) is 9.38. The number of carbonyl (C=O) groups is 1. The number of carboxylic acid groups (broad SMARTS) is 1. The second kappa shape index (κ2) is 6.55. The van der Waals surface area contributed by atoms with Gasteiger partial charge in [0.2, 0.25) is 0 Å². The smallest absolute Gasteiger partial charge is 0.393 e. The summed E-state index contributed by atoms with van der Waals surface area (Å²) in [6.45, 7) is 2.63. The molecule has 1 N–H and O–H groups in total. The summed E-state index contributed by atoms with van der Waals surface area (Å²) in [6, 6.07) is -0.230. The fourth-order valence-corrected chi connectivity index (χ4v) is 3.87. The van der Waals surface area contributed by atoms with Crippen LogP contribution < -0.4 is 0 Å². The van der Waals surface area contributed by atoms with Crippen molar-refractivity contribution < 1.29 is 23.1 Å². The first kappa shape index (κ1) is 16.6. The fourth-order valence-electron chi connectivity index (χ4n) is 3.87. The molecule has 0 radical (unpaired) electrons. The molecule has 0 aromatic heterocycles. The van der Waals surface area contributed by atoms with Crippen molar-refractivity contribution in [2.75, 3.05) is 13.1 Å². The van der Waals surface area contributed by atoms with Gasteiger partial charge in [0.05, 0.1) is 11.8 Å². The summed E-state index contributed by atoms with van der Waals surface area (Å²) in [5.41, 5.74) is 0. The Morgan fingerprint density at radius 1 is 1.29 bits per heavy atom. The first-order valence-corrected chi connectivity index (χ1v) is 7.86. The molecule has 1 saturated heterocycles. The number of hydrogen-bond acceptors (Lipinski definition) is 2. The molecule has 21 heavy (non-hydrogen) atoms. The highest BCUT2D eigenvalue weighted by Gasteiger charge is 2.45. The van der Waals surface area contributed by atoms with E-state index in [1.54, 1.807) is 0 Å². The molecule has 0 amide bonds. The first-order valence-electron chi connectivity index (χ1n) is 7.86. The van der Waals surface area contributed by atoms with Crippen molar-refractivity contribution >= 4 is 5.97 Å². The predicted molar refractivity (Wildman–Crippen MR) is 72.9 cm³/mol. The lowest BCUT2D eigenvalue weighted by Crippen LogP contribution is -2.52. The number of piperidine rings is 1. The number of carboxylic acids is 1. The Balaban J connectivity index is 2.10. The number of hydrogen-bond donors (Lipinski definition) is 1. The highest BCUT2D eigenvalue weighted by atomic mass is 19.4. The van der Waals surface area contributed by atoms with Crippen LogP contribution in [0.4, 0.5) is 13.2 Å². The van der Waals surface area contributed by atoms with Crippen LogP contribution >= 0.6 is 0 Å². The normalized spacial score (nSPS) is 35.6. The van der Waals surface area contributed by atoms with Crippen LogP contribution in [0.15, 0.2) is 0 Å². The molecule has 3 nitrogen and oxygen atoms in total. The molecular weight excluding hydrogens is 283 g/mol. The van der Waals surface area contributed by atoms with Crippen molar-refractivity contribution in [2.45, 2.75) is 57.7 Å². The summed E-state index contributed by atoms with van der Waals surface area (Å²) in [7, 11) is 0. The van der Waals surface area contributed by atoms with E-state index in [1.807, 2.05) is 4.90 Å². The highest BCUT2D eigenvalue weighted by molar-refractivity contribution is 5.71. The van der Waals surface area contributed by atoms with E-state index in [9.17, 15) is 23.1 Å². The lowest BCUT2D eigenvalue weighted by molar-refractivity contribution is -0.190. The van der Waals surface area contributed by atoms with Gasteiger partial charge in [-0.05, 0) is 44.6 Å². The third kappa shape index (κ3) is 3.90. The zero-order valence-corrected chi connectivity index (χ0v) is 12.4. The van der Waals surface area contributed by atoms with Crippen molar-refractivity contribution in [2.24, 2.45) is 17.8 Å². The maximum Gasteiger partial charge on any atom is 0.393 e. The van der Waals surface area contributed by atoms with Gasteiger partial charge in [-0.15, -0.1) is 0 Å². The molecule has 4 atom stereocenters. The van der Waals surface area contributed by atoms with Gasteiger partial charge < -0.3 is 5.11 Å². The minimum absolute atomic E-state index is 0.0334. The Hall–Kier alpha value is -0.780. The Morgan fingerprint density at radius 2 is 2.00 bits per heavy atom. The molecule has 4 unspecified atom stereocenters. The van der Waals surface area contributed by atoms with E-state index in [4.69, 9.17) is 0 Å². The second-order valence-electron chi connectivity index (χ2n) is 6.48. The Morgan fingerprint density at radius 3 is 2.57 bits per heavy atom. The summed E-state index contributed by atoms with van der Waals surface area (Å²) >= 11 is 0. The third-order valence-corrected chi connectivity index (χ3v) is 5.20. The van der Waals surface area contributed by atoms with Crippen LogP contribution in [0.25, 0.3) is 0 Å². The van der Waals surface area contributed by atoms with Crippen LogP contribution in [0.3, 0.4) is 0 Å². The summed E-state index contributed by atoms with van der Waals surface area (Å²) in [6.07, 6.45) is -0.342. The molecule has 2 fully saturated rings. The topological polar surface area (TPSA) is 40.5 Å². The van der Waals surface area contributed by atoms with Crippen LogP contribution in [0.5, 0.6) is 0 Å². The van der Waals surface area contributed by atoms with Gasteiger partial charge in [-0.1, -0.05) is 13.3 Å². The number of likely N-dealkylation sites (tertiary alicyclic amines) is 1. The number of rotatable bonds is 3. The minimum atomic E-state index is -4.17. The summed E-state index contributed by atoms with van der Waals surface area (Å²) in [5.74, 6) is -2.23. The SMILES string of the molecule is CCC1CCC(C(=O)O)C(N2CCCC(C(F)(F)F)C2)C1. The van der Waals surface area contributed by atoms with E-state index in [-0.39, 0.29) is 19.0 Å². The van der Waals surface area contributed by atoms with Crippen molar-refractivity contribution in [3.8, 4) is 0 Å². The predicted octanol–water partition coefficient (Wildman–Crippen LogP) is 3.54. The monoisotopic (exact) mass is 307 g/mol. The van der Waals surface area contributed by atoms with Crippen molar-refractivity contribution in [1.29, 1.82) is 0 Å². The van der Waals surface area contributed by atoms with Crippen molar-refractivity contribution in [1.82, 2.24) is 4.90 Å². The van der Waals surface area contributed by atoms with Crippen LogP contribution in [-0.4, -0.2) is 41.3 Å². The molecule has 0 spiro atoms. The average molecular weight is 307 g/mol. The van der Waals surface area contributed by atoms with E-state index in [1.165, 1.54) is 0 Å². The molecule has 6 heteroatoms. The summed E-state index contributed by atoms with van der Waals surface area (Å²) < 4.78 is 38.8. The molecule has 0 aromatic carbocycles. The van der Waals surface area contributed by atoms with Gasteiger partial charge in [-0.25, -0.2) is 0 Å². The largest absolute Gasteiger partial charge is 0.481 e. The maximum atomic E-state index is 12.9. The molecular formula is C15H24F3NO2. The number of aliphatic carboxylic acids is 1. The lowest BCUT2D eigenvalue weighted by atomic mass is 9.75. The van der Waals surface area contributed by atoms with E-state index in [0.29, 0.717) is 25.3 Å². The quantitative estimate of drug-likeness (QED) is 0.867. The fraction of sp³-hybridized carbons (Fsp3) is 0.933. The van der Waals surface area contributed by atoms with E-state index in [0.717, 1.165) is 19.3 Å². The highest BCUT2D eigenvalue weighted by Crippen LogP contribution is 2.39. The van der Waals surface area contributed by atoms with Crippen LogP contribution in [0.2, 0.25) is 0 Å². The van der Waals surface area contributed by atoms with Crippen molar-refractivity contribution in [3.63, 3.8) is 0 Å². The molecule has 1 aliphatic heterocycles. The number of nitrogens with zero attached hydrogens (tertiary/aromatic N) is 1. The molecule has 2 rings (SSSR count). The van der Waals surface area contributed by atoms with Gasteiger partial charge in [-0.2, -0.15) is 13.2 Å². The Labute approximate surface area is 123 Å². The van der Waals surface area contributed by atoms with Crippen LogP contribution in [0, 0.1) is 17.8 Å². The summed E-state index contributed by atoms with van der Waals surface area (Å²) in [4.78, 5) is 13.2. The molecule has 122 valence electrons. The molecule has 1 aliphatic carbocycles. The van der Waals surface area contributed by atoms with Crippen molar-refractivity contribution in [3.05, 3.63) is 0 Å². The number of halogens is 3. The van der Waals surface area contributed by atoms with Gasteiger partial charge in [0, 0.05) is 12.6 Å². The van der Waals surface area contributed by atoms with Gasteiger partial charge >= 0.3 is 12.1 Å². The van der Waals surface area contributed by atoms with Gasteiger partial charge in [0.1, 0.15) is 0 Å². The van der Waals surface area contributed by atoms with E-state index in [2.05, 4.69) is 6.92 Å². The van der Waals surface area contributed by atoms with Crippen LogP contribution in [-0.2, 0) is 4.79 Å². The van der Waals surface area contributed by atoms with Gasteiger partial charge in [0.15, 0.2) is 0 Å². The van der Waals surface area contributed by atoms with E-state index >= 15 is 0 Å². The molecule has 2 aliphatic rings. The van der Waals surface area contributed by atoms with Gasteiger partial charge in [-0.3, -0.25) is 9.69 Å². The third-order valence-electron chi connectivity index (χ3n) is 5.20. The standard InChI is InChI=1S/C15H24F3NO2/c1-2-10-5-6-12(14(20)21)13(8-10)19-7-3-4-11(9-19)15(16,17)18/h10-13H,2-9H2,1H3,(H,20,21). The Kier molecular flexibility index (Phi) is 5.17. The maximum absolute atomic E-state index is 12.9. The average Bonchev–Trinajstić information content (AvgIpc) is 2.45. The molecule has 0 bridgehead atoms. The number of alkyl halides is 3. The molecule has 1 saturated carbocycles.